The lowest BCUT2D eigenvalue weighted by Crippen LogP contribution is -2.39. The van der Waals surface area contributed by atoms with Crippen LogP contribution in [0.15, 0.2) is 12.3 Å². The third kappa shape index (κ3) is 3.60. The van der Waals surface area contributed by atoms with Crippen LogP contribution in [0.25, 0.3) is 0 Å². The van der Waals surface area contributed by atoms with E-state index in [1.807, 2.05) is 0 Å². The summed E-state index contributed by atoms with van der Waals surface area (Å²) in [5.41, 5.74) is 6.91. The Bertz CT molecular complexity index is 478. The first-order chi connectivity index (χ1) is 8.87. The molecule has 104 valence electrons. The molecular formula is C14H20ClN3O. The quantitative estimate of drug-likeness (QED) is 0.819. The first-order valence-corrected chi connectivity index (χ1v) is 6.97. The molecule has 2 rings (SSSR count). The molecule has 1 aromatic heterocycles. The van der Waals surface area contributed by atoms with Gasteiger partial charge in [-0.25, -0.2) is 4.98 Å². The number of pyridine rings is 1. The predicted octanol–water partition coefficient (Wildman–Crippen LogP) is 3.02. The normalized spacial score (nSPS) is 19.1. The molecule has 0 aromatic carbocycles. The van der Waals surface area contributed by atoms with E-state index in [2.05, 4.69) is 24.1 Å². The van der Waals surface area contributed by atoms with Gasteiger partial charge in [0, 0.05) is 6.04 Å². The second-order valence-electron chi connectivity index (χ2n) is 6.01. The maximum atomic E-state index is 12.2. The van der Waals surface area contributed by atoms with Crippen molar-refractivity contribution in [3.05, 3.63) is 23.0 Å². The minimum absolute atomic E-state index is 0.161. The summed E-state index contributed by atoms with van der Waals surface area (Å²) >= 11 is 5.79. The van der Waals surface area contributed by atoms with Crippen LogP contribution in [0.2, 0.25) is 5.15 Å². The van der Waals surface area contributed by atoms with Gasteiger partial charge in [0.25, 0.3) is 5.91 Å². The van der Waals surface area contributed by atoms with Crippen LogP contribution in [0.5, 0.6) is 0 Å². The van der Waals surface area contributed by atoms with Gasteiger partial charge in [-0.1, -0.05) is 25.4 Å². The topological polar surface area (TPSA) is 68.0 Å². The maximum Gasteiger partial charge on any atom is 0.253 e. The summed E-state index contributed by atoms with van der Waals surface area (Å²) in [5.74, 6) is -0.161. The highest BCUT2D eigenvalue weighted by atomic mass is 35.5. The van der Waals surface area contributed by atoms with Gasteiger partial charge in [0.15, 0.2) is 0 Å². The van der Waals surface area contributed by atoms with Crippen LogP contribution in [0.4, 0.5) is 5.69 Å². The van der Waals surface area contributed by atoms with Crippen molar-refractivity contribution < 1.29 is 4.79 Å². The Kier molecular flexibility index (Phi) is 3.99. The average Bonchev–Trinajstić information content (AvgIpc) is 2.35. The van der Waals surface area contributed by atoms with Gasteiger partial charge in [0.2, 0.25) is 0 Å². The number of aromatic nitrogens is 1. The van der Waals surface area contributed by atoms with Crippen molar-refractivity contribution in [1.82, 2.24) is 10.3 Å². The zero-order chi connectivity index (χ0) is 14.0. The van der Waals surface area contributed by atoms with Crippen LogP contribution in [0.3, 0.4) is 0 Å². The first-order valence-electron chi connectivity index (χ1n) is 6.59. The molecule has 0 atom stereocenters. The molecule has 1 aliphatic carbocycles. The minimum Gasteiger partial charge on any atom is -0.397 e. The highest BCUT2D eigenvalue weighted by Gasteiger charge is 2.28. The molecule has 4 nitrogen and oxygen atoms in total. The second kappa shape index (κ2) is 5.37. The van der Waals surface area contributed by atoms with Gasteiger partial charge >= 0.3 is 0 Å². The summed E-state index contributed by atoms with van der Waals surface area (Å²) in [7, 11) is 0. The predicted molar refractivity (Wildman–Crippen MR) is 77.2 cm³/mol. The monoisotopic (exact) mass is 281 g/mol. The molecule has 0 saturated heterocycles. The average molecular weight is 282 g/mol. The Balaban J connectivity index is 2.00. The van der Waals surface area contributed by atoms with Gasteiger partial charge in [0.1, 0.15) is 5.15 Å². The Morgan fingerprint density at radius 1 is 1.47 bits per heavy atom. The molecule has 19 heavy (non-hydrogen) atoms. The highest BCUT2D eigenvalue weighted by Crippen LogP contribution is 2.35. The van der Waals surface area contributed by atoms with Crippen LogP contribution >= 0.6 is 11.6 Å². The van der Waals surface area contributed by atoms with Crippen molar-refractivity contribution in [2.75, 3.05) is 5.73 Å². The van der Waals surface area contributed by atoms with E-state index in [0.29, 0.717) is 16.7 Å². The van der Waals surface area contributed by atoms with Crippen LogP contribution in [0.1, 0.15) is 49.9 Å². The molecule has 1 saturated carbocycles. The number of anilines is 1. The van der Waals surface area contributed by atoms with E-state index in [9.17, 15) is 4.79 Å². The summed E-state index contributed by atoms with van der Waals surface area (Å²) in [5, 5.41) is 3.32. The number of carbonyl (C=O) groups excluding carboxylic acids is 1. The van der Waals surface area contributed by atoms with Gasteiger partial charge in [-0.15, -0.1) is 0 Å². The number of hydrogen-bond donors (Lipinski definition) is 2. The van der Waals surface area contributed by atoms with Crippen molar-refractivity contribution in [2.45, 2.75) is 45.6 Å². The van der Waals surface area contributed by atoms with Gasteiger partial charge in [-0.2, -0.15) is 0 Å². The Morgan fingerprint density at radius 3 is 2.74 bits per heavy atom. The van der Waals surface area contributed by atoms with Crippen molar-refractivity contribution in [3.63, 3.8) is 0 Å². The lowest BCUT2D eigenvalue weighted by Gasteiger charge is -2.34. The molecule has 0 radical (unpaired) electrons. The number of amides is 1. The molecule has 1 aromatic rings. The summed E-state index contributed by atoms with van der Waals surface area (Å²) in [6, 6.07) is 1.74. The molecule has 3 N–H and O–H groups in total. The zero-order valence-electron chi connectivity index (χ0n) is 11.4. The number of nitrogens with zero attached hydrogens (tertiary/aromatic N) is 1. The minimum atomic E-state index is -0.161. The number of carbonyl (C=O) groups is 1. The van der Waals surface area contributed by atoms with E-state index >= 15 is 0 Å². The molecule has 0 unspecified atom stereocenters. The molecule has 5 heteroatoms. The van der Waals surface area contributed by atoms with E-state index in [1.54, 1.807) is 0 Å². The standard InChI is InChI=1S/C14H20ClN3O/c1-14(2)5-3-9(4-6-14)18-13(19)10-7-12(15)17-8-11(10)16/h7-9H,3-6,16H2,1-2H3,(H,18,19). The Labute approximate surface area is 118 Å². The van der Waals surface area contributed by atoms with E-state index in [1.165, 1.54) is 12.3 Å². The van der Waals surface area contributed by atoms with Gasteiger partial charge in [-0.05, 0) is 37.2 Å². The first kappa shape index (κ1) is 14.1. The SMILES string of the molecule is CC1(C)CCC(NC(=O)c2cc(Cl)ncc2N)CC1. The maximum absolute atomic E-state index is 12.2. The molecule has 0 spiro atoms. The number of nitrogens with two attached hydrogens (primary N) is 1. The number of hydrogen-bond acceptors (Lipinski definition) is 3. The summed E-state index contributed by atoms with van der Waals surface area (Å²) in [4.78, 5) is 16.0. The number of nitrogens with one attached hydrogen (secondary N) is 1. The van der Waals surface area contributed by atoms with Crippen LogP contribution in [0, 0.1) is 5.41 Å². The third-order valence-corrected chi connectivity index (χ3v) is 4.03. The number of halogens is 1. The fourth-order valence-electron chi connectivity index (χ4n) is 2.44. The van der Waals surface area contributed by atoms with Crippen molar-refractivity contribution in [3.8, 4) is 0 Å². The lowest BCUT2D eigenvalue weighted by atomic mass is 9.75. The summed E-state index contributed by atoms with van der Waals surface area (Å²) < 4.78 is 0. The molecule has 1 amide bonds. The number of nitrogen functional groups attached to an aromatic ring is 1. The van der Waals surface area contributed by atoms with Gasteiger partial charge in [-0.3, -0.25) is 4.79 Å². The van der Waals surface area contributed by atoms with Crippen LogP contribution in [-0.4, -0.2) is 16.9 Å². The number of rotatable bonds is 2. The van der Waals surface area contributed by atoms with Crippen LogP contribution in [-0.2, 0) is 0 Å². The van der Waals surface area contributed by atoms with Gasteiger partial charge in [0.05, 0.1) is 17.4 Å². The summed E-state index contributed by atoms with van der Waals surface area (Å²) in [6.45, 7) is 4.54. The lowest BCUT2D eigenvalue weighted by molar-refractivity contribution is 0.0910. The van der Waals surface area contributed by atoms with Crippen molar-refractivity contribution in [1.29, 1.82) is 0 Å². The summed E-state index contributed by atoms with van der Waals surface area (Å²) in [6.07, 6.45) is 5.70. The van der Waals surface area contributed by atoms with Crippen molar-refractivity contribution >= 4 is 23.2 Å². The Morgan fingerprint density at radius 2 is 2.11 bits per heavy atom. The highest BCUT2D eigenvalue weighted by molar-refractivity contribution is 6.29. The molecule has 1 fully saturated rings. The largest absolute Gasteiger partial charge is 0.397 e. The molecule has 1 heterocycles. The Hall–Kier alpha value is -1.29. The molecule has 1 aliphatic rings. The second-order valence-corrected chi connectivity index (χ2v) is 6.39. The third-order valence-electron chi connectivity index (χ3n) is 3.82. The van der Waals surface area contributed by atoms with Crippen molar-refractivity contribution in [2.24, 2.45) is 5.41 Å². The van der Waals surface area contributed by atoms with E-state index < -0.39 is 0 Å². The van der Waals surface area contributed by atoms with E-state index in [-0.39, 0.29) is 17.1 Å². The van der Waals surface area contributed by atoms with Gasteiger partial charge < -0.3 is 11.1 Å². The molecular weight excluding hydrogens is 262 g/mol. The van der Waals surface area contributed by atoms with E-state index in [4.69, 9.17) is 17.3 Å². The fraction of sp³-hybridized carbons (Fsp3) is 0.571. The fourth-order valence-corrected chi connectivity index (χ4v) is 2.60. The zero-order valence-corrected chi connectivity index (χ0v) is 12.1. The molecule has 0 aliphatic heterocycles. The molecule has 0 bridgehead atoms. The van der Waals surface area contributed by atoms with Crippen LogP contribution < -0.4 is 11.1 Å². The van der Waals surface area contributed by atoms with E-state index in [0.717, 1.165) is 25.7 Å². The smallest absolute Gasteiger partial charge is 0.253 e.